The zero-order valence-electron chi connectivity index (χ0n) is 18.1. The third-order valence-electron chi connectivity index (χ3n) is 5.51. The van der Waals surface area contributed by atoms with Crippen LogP contribution in [-0.4, -0.2) is 21.5 Å². The fourth-order valence-electron chi connectivity index (χ4n) is 3.83. The molecule has 0 radical (unpaired) electrons. The Labute approximate surface area is 198 Å². The standard InChI is InChI=1S/C26H22ClNO4S/c1-17-20(15-25(29)32-2)14-19-8-11-21(27)16-24(19)26(17)18-9-12-22(13-10-18)28-33(30,31)23-6-4-3-5-7-23/h3-14,16,28H,15H2,1-2H3. The third-order valence-corrected chi connectivity index (χ3v) is 7.15. The summed E-state index contributed by atoms with van der Waals surface area (Å²) in [5.74, 6) is -0.317. The maximum absolute atomic E-state index is 12.6. The molecule has 0 heterocycles. The van der Waals surface area contributed by atoms with Crippen molar-refractivity contribution in [2.45, 2.75) is 18.2 Å². The van der Waals surface area contributed by atoms with Crippen molar-refractivity contribution in [3.8, 4) is 11.1 Å². The molecule has 4 rings (SSSR count). The first kappa shape index (κ1) is 22.8. The summed E-state index contributed by atoms with van der Waals surface area (Å²) in [4.78, 5) is 12.2. The summed E-state index contributed by atoms with van der Waals surface area (Å²) in [5, 5.41) is 2.51. The number of hydrogen-bond donors (Lipinski definition) is 1. The maximum Gasteiger partial charge on any atom is 0.309 e. The molecule has 0 bridgehead atoms. The van der Waals surface area contributed by atoms with E-state index in [9.17, 15) is 13.2 Å². The van der Waals surface area contributed by atoms with Crippen LogP contribution in [-0.2, 0) is 26.0 Å². The lowest BCUT2D eigenvalue weighted by atomic mass is 9.89. The molecule has 7 heteroatoms. The van der Waals surface area contributed by atoms with E-state index in [2.05, 4.69) is 4.72 Å². The van der Waals surface area contributed by atoms with Gasteiger partial charge in [0.1, 0.15) is 0 Å². The molecule has 4 aromatic carbocycles. The molecule has 0 fully saturated rings. The summed E-state index contributed by atoms with van der Waals surface area (Å²) in [6, 6.07) is 23.0. The minimum Gasteiger partial charge on any atom is -0.469 e. The monoisotopic (exact) mass is 479 g/mol. The first-order valence-electron chi connectivity index (χ1n) is 10.3. The largest absolute Gasteiger partial charge is 0.469 e. The number of nitrogens with one attached hydrogen (secondary N) is 1. The number of anilines is 1. The number of methoxy groups -OCH3 is 1. The van der Waals surface area contributed by atoms with Crippen molar-refractivity contribution in [1.82, 2.24) is 0 Å². The van der Waals surface area contributed by atoms with E-state index in [1.807, 2.05) is 43.3 Å². The fraction of sp³-hybridized carbons (Fsp3) is 0.115. The predicted molar refractivity (Wildman–Crippen MR) is 132 cm³/mol. The number of carbonyl (C=O) groups is 1. The van der Waals surface area contributed by atoms with Crippen molar-refractivity contribution in [3.63, 3.8) is 0 Å². The van der Waals surface area contributed by atoms with E-state index in [0.717, 1.165) is 33.0 Å². The normalized spacial score (nSPS) is 11.4. The molecule has 0 aliphatic rings. The Morgan fingerprint density at radius 1 is 0.970 bits per heavy atom. The first-order valence-corrected chi connectivity index (χ1v) is 12.1. The zero-order chi connectivity index (χ0) is 23.6. The molecule has 0 aliphatic carbocycles. The van der Waals surface area contributed by atoms with E-state index in [-0.39, 0.29) is 17.3 Å². The van der Waals surface area contributed by atoms with Gasteiger partial charge in [-0.3, -0.25) is 9.52 Å². The lowest BCUT2D eigenvalue weighted by molar-refractivity contribution is -0.139. The van der Waals surface area contributed by atoms with Crippen molar-refractivity contribution in [1.29, 1.82) is 0 Å². The number of esters is 1. The van der Waals surface area contributed by atoms with Crippen LogP contribution in [0.2, 0.25) is 5.02 Å². The van der Waals surface area contributed by atoms with Gasteiger partial charge in [0.05, 0.1) is 18.4 Å². The van der Waals surface area contributed by atoms with E-state index >= 15 is 0 Å². The SMILES string of the molecule is COC(=O)Cc1cc2ccc(Cl)cc2c(-c2ccc(NS(=O)(=O)c3ccccc3)cc2)c1C. The van der Waals surface area contributed by atoms with Gasteiger partial charge < -0.3 is 4.74 Å². The predicted octanol–water partition coefficient (Wildman–Crippen LogP) is 5.98. The molecule has 5 nitrogen and oxygen atoms in total. The zero-order valence-corrected chi connectivity index (χ0v) is 19.7. The highest BCUT2D eigenvalue weighted by Gasteiger charge is 2.17. The first-order chi connectivity index (χ1) is 15.8. The lowest BCUT2D eigenvalue weighted by Crippen LogP contribution is -2.12. The molecule has 4 aromatic rings. The van der Waals surface area contributed by atoms with Crippen LogP contribution < -0.4 is 4.72 Å². The van der Waals surface area contributed by atoms with Gasteiger partial charge in [0.15, 0.2) is 0 Å². The minimum absolute atomic E-state index is 0.156. The van der Waals surface area contributed by atoms with Crippen LogP contribution >= 0.6 is 11.6 Å². The Kier molecular flexibility index (Phi) is 6.40. The van der Waals surface area contributed by atoms with E-state index in [1.165, 1.54) is 7.11 Å². The number of ether oxygens (including phenoxy) is 1. The van der Waals surface area contributed by atoms with Gasteiger partial charge in [-0.05, 0) is 76.3 Å². The average molecular weight is 480 g/mol. The second kappa shape index (κ2) is 9.25. The highest BCUT2D eigenvalue weighted by Crippen LogP contribution is 2.36. The number of hydrogen-bond acceptors (Lipinski definition) is 4. The minimum atomic E-state index is -3.68. The summed E-state index contributed by atoms with van der Waals surface area (Å²) in [7, 11) is -2.31. The maximum atomic E-state index is 12.6. The van der Waals surface area contributed by atoms with Crippen molar-refractivity contribution in [3.05, 3.63) is 95.0 Å². The van der Waals surface area contributed by atoms with Gasteiger partial charge in [-0.1, -0.05) is 54.1 Å². The molecule has 1 N–H and O–H groups in total. The molecule has 0 aliphatic heterocycles. The number of sulfonamides is 1. The van der Waals surface area contributed by atoms with Crippen LogP contribution in [0, 0.1) is 6.92 Å². The third kappa shape index (κ3) is 4.87. The van der Waals surface area contributed by atoms with Crippen molar-refractivity contribution in [2.24, 2.45) is 0 Å². The summed E-state index contributed by atoms with van der Waals surface area (Å²) >= 11 is 6.28. The number of benzene rings is 4. The van der Waals surface area contributed by atoms with Crippen LogP contribution in [0.1, 0.15) is 11.1 Å². The van der Waals surface area contributed by atoms with Crippen LogP contribution in [0.5, 0.6) is 0 Å². The van der Waals surface area contributed by atoms with Crippen molar-refractivity contribution < 1.29 is 17.9 Å². The number of halogens is 1. The van der Waals surface area contributed by atoms with Gasteiger partial charge in [0.2, 0.25) is 0 Å². The van der Waals surface area contributed by atoms with Crippen LogP contribution in [0.15, 0.2) is 83.8 Å². The smallest absolute Gasteiger partial charge is 0.309 e. The van der Waals surface area contributed by atoms with Crippen LogP contribution in [0.3, 0.4) is 0 Å². The summed E-state index contributed by atoms with van der Waals surface area (Å²) < 4.78 is 32.7. The molecule has 0 atom stereocenters. The number of fused-ring (bicyclic) bond motifs is 1. The van der Waals surface area contributed by atoms with E-state index in [1.54, 1.807) is 42.5 Å². The Balaban J connectivity index is 1.76. The van der Waals surface area contributed by atoms with E-state index in [4.69, 9.17) is 16.3 Å². The topological polar surface area (TPSA) is 72.5 Å². The Morgan fingerprint density at radius 3 is 2.33 bits per heavy atom. The Morgan fingerprint density at radius 2 is 1.67 bits per heavy atom. The number of rotatable bonds is 6. The van der Waals surface area contributed by atoms with Crippen molar-refractivity contribution >= 4 is 44.1 Å². The second-order valence-electron chi connectivity index (χ2n) is 7.65. The van der Waals surface area contributed by atoms with Gasteiger partial charge in [-0.2, -0.15) is 0 Å². The van der Waals surface area contributed by atoms with Crippen molar-refractivity contribution in [2.75, 3.05) is 11.8 Å². The molecule has 0 saturated heterocycles. The average Bonchev–Trinajstić information content (AvgIpc) is 2.81. The summed E-state index contributed by atoms with van der Waals surface area (Å²) in [5.41, 5.74) is 4.07. The highest BCUT2D eigenvalue weighted by atomic mass is 35.5. The van der Waals surface area contributed by atoms with E-state index < -0.39 is 10.0 Å². The summed E-state index contributed by atoms with van der Waals surface area (Å²) in [6.45, 7) is 1.96. The van der Waals surface area contributed by atoms with Crippen LogP contribution in [0.25, 0.3) is 21.9 Å². The molecule has 0 aromatic heterocycles. The molecule has 0 unspecified atom stereocenters. The quantitative estimate of drug-likeness (QED) is 0.345. The molecule has 168 valence electrons. The molecule has 33 heavy (non-hydrogen) atoms. The van der Waals surface area contributed by atoms with Gasteiger partial charge >= 0.3 is 5.97 Å². The van der Waals surface area contributed by atoms with Crippen LogP contribution in [0.4, 0.5) is 5.69 Å². The van der Waals surface area contributed by atoms with Gasteiger partial charge in [0, 0.05) is 10.7 Å². The fourth-order valence-corrected chi connectivity index (χ4v) is 5.08. The van der Waals surface area contributed by atoms with Gasteiger partial charge in [-0.25, -0.2) is 8.42 Å². The molecular formula is C26H22ClNO4S. The molecule has 0 saturated carbocycles. The second-order valence-corrected chi connectivity index (χ2v) is 9.77. The van der Waals surface area contributed by atoms with Gasteiger partial charge in [-0.15, -0.1) is 0 Å². The van der Waals surface area contributed by atoms with E-state index in [0.29, 0.717) is 10.7 Å². The lowest BCUT2D eigenvalue weighted by Gasteiger charge is -2.16. The highest BCUT2D eigenvalue weighted by molar-refractivity contribution is 7.92. The molecule has 0 spiro atoms. The number of carbonyl (C=O) groups excluding carboxylic acids is 1. The summed E-state index contributed by atoms with van der Waals surface area (Å²) in [6.07, 6.45) is 0.156. The Hall–Kier alpha value is -3.35. The molecular weight excluding hydrogens is 458 g/mol. The molecule has 0 amide bonds. The Bertz CT molecular complexity index is 1430. The van der Waals surface area contributed by atoms with Gasteiger partial charge in [0.25, 0.3) is 10.0 Å².